The first-order valence-electron chi connectivity index (χ1n) is 9.89. The van der Waals surface area contributed by atoms with E-state index in [1.165, 1.54) is 0 Å². The van der Waals surface area contributed by atoms with Crippen LogP contribution in [-0.2, 0) is 4.79 Å². The number of hydrogen-bond acceptors (Lipinski definition) is 5. The Morgan fingerprint density at radius 2 is 1.70 bits per heavy atom. The van der Waals surface area contributed by atoms with Gasteiger partial charge in [0.2, 0.25) is 0 Å². The molecular weight excluding hydrogens is 380 g/mol. The van der Waals surface area contributed by atoms with Crippen LogP contribution in [-0.4, -0.2) is 26.2 Å². The van der Waals surface area contributed by atoms with Crippen molar-refractivity contribution in [1.82, 2.24) is 0 Å². The molecule has 0 aliphatic carbocycles. The Morgan fingerprint density at radius 3 is 2.50 bits per heavy atom. The van der Waals surface area contributed by atoms with E-state index in [4.69, 9.17) is 14.2 Å². The zero-order valence-electron chi connectivity index (χ0n) is 16.8. The van der Waals surface area contributed by atoms with E-state index >= 15 is 0 Å². The minimum atomic E-state index is -0.595. The van der Waals surface area contributed by atoms with E-state index in [2.05, 4.69) is 10.6 Å². The summed E-state index contributed by atoms with van der Waals surface area (Å²) >= 11 is 0. The maximum absolute atomic E-state index is 13.2. The van der Waals surface area contributed by atoms with Crippen LogP contribution in [0.4, 0.5) is 11.4 Å². The molecule has 3 aromatic rings. The largest absolute Gasteiger partial charge is 0.497 e. The van der Waals surface area contributed by atoms with E-state index in [1.807, 2.05) is 66.7 Å². The van der Waals surface area contributed by atoms with Crippen LogP contribution in [0.1, 0.15) is 18.0 Å². The Kier molecular flexibility index (Phi) is 6.03. The third-order valence-electron chi connectivity index (χ3n) is 4.79. The standard InChI is InChI=1S/C24H24N2O4/c1-28-20-10-5-9-18(15-20)26-24(27)23(17-7-3-2-4-8-17)25-19-11-12-21-22(16-19)30-14-6-13-29-21/h2-5,7-12,15-16,23,25H,6,13-14H2,1H3,(H,26,27)/t23-/m0/s1. The number of nitrogens with one attached hydrogen (secondary N) is 2. The molecule has 30 heavy (non-hydrogen) atoms. The van der Waals surface area contributed by atoms with Crippen LogP contribution in [0.3, 0.4) is 0 Å². The molecule has 0 spiro atoms. The van der Waals surface area contributed by atoms with Crippen molar-refractivity contribution in [3.63, 3.8) is 0 Å². The molecule has 0 saturated heterocycles. The first-order chi connectivity index (χ1) is 14.7. The fraction of sp³-hybridized carbons (Fsp3) is 0.208. The van der Waals surface area contributed by atoms with Gasteiger partial charge in [0.15, 0.2) is 11.5 Å². The fourth-order valence-corrected chi connectivity index (χ4v) is 3.28. The molecule has 0 fully saturated rings. The normalized spacial score (nSPS) is 13.6. The molecule has 1 heterocycles. The van der Waals surface area contributed by atoms with Crippen LogP contribution >= 0.6 is 0 Å². The molecule has 1 aliphatic heterocycles. The number of methoxy groups -OCH3 is 1. The summed E-state index contributed by atoms with van der Waals surface area (Å²) in [5.41, 5.74) is 2.29. The van der Waals surface area contributed by atoms with Gasteiger partial charge in [-0.2, -0.15) is 0 Å². The van der Waals surface area contributed by atoms with Gasteiger partial charge >= 0.3 is 0 Å². The van der Waals surface area contributed by atoms with E-state index in [9.17, 15) is 4.79 Å². The number of rotatable bonds is 6. The minimum absolute atomic E-state index is 0.179. The number of fused-ring (bicyclic) bond motifs is 1. The first kappa shape index (κ1) is 19.6. The molecular formula is C24H24N2O4. The molecule has 0 saturated carbocycles. The minimum Gasteiger partial charge on any atom is -0.497 e. The summed E-state index contributed by atoms with van der Waals surface area (Å²) in [4.78, 5) is 13.2. The zero-order chi connectivity index (χ0) is 20.8. The molecule has 0 unspecified atom stereocenters. The molecule has 6 nitrogen and oxygen atoms in total. The number of carbonyl (C=O) groups is 1. The number of benzene rings is 3. The lowest BCUT2D eigenvalue weighted by atomic mass is 10.1. The van der Waals surface area contributed by atoms with Crippen LogP contribution in [0.25, 0.3) is 0 Å². The summed E-state index contributed by atoms with van der Waals surface area (Å²) in [6.07, 6.45) is 0.840. The number of carbonyl (C=O) groups excluding carboxylic acids is 1. The molecule has 0 radical (unpaired) electrons. The second-order valence-corrected chi connectivity index (χ2v) is 6.92. The van der Waals surface area contributed by atoms with Crippen LogP contribution in [0.5, 0.6) is 17.2 Å². The van der Waals surface area contributed by atoms with Crippen molar-refractivity contribution in [3.05, 3.63) is 78.4 Å². The Hall–Kier alpha value is -3.67. The van der Waals surface area contributed by atoms with Crippen molar-refractivity contribution < 1.29 is 19.0 Å². The van der Waals surface area contributed by atoms with Crippen LogP contribution in [0.15, 0.2) is 72.8 Å². The zero-order valence-corrected chi connectivity index (χ0v) is 16.8. The van der Waals surface area contributed by atoms with Crippen molar-refractivity contribution >= 4 is 17.3 Å². The van der Waals surface area contributed by atoms with Crippen molar-refractivity contribution in [1.29, 1.82) is 0 Å². The van der Waals surface area contributed by atoms with Gasteiger partial charge in [0.1, 0.15) is 11.8 Å². The van der Waals surface area contributed by atoms with Gasteiger partial charge in [-0.05, 0) is 29.8 Å². The molecule has 2 N–H and O–H groups in total. The van der Waals surface area contributed by atoms with Gasteiger partial charge in [-0.1, -0.05) is 36.4 Å². The van der Waals surface area contributed by atoms with Gasteiger partial charge in [-0.25, -0.2) is 0 Å². The second-order valence-electron chi connectivity index (χ2n) is 6.92. The summed E-state index contributed by atoms with van der Waals surface area (Å²) in [5.74, 6) is 1.90. The maximum atomic E-state index is 13.2. The smallest absolute Gasteiger partial charge is 0.251 e. The molecule has 1 aliphatic rings. The summed E-state index contributed by atoms with van der Waals surface area (Å²) in [6.45, 7) is 1.24. The number of hydrogen-bond donors (Lipinski definition) is 2. The highest BCUT2D eigenvalue weighted by Gasteiger charge is 2.22. The van der Waals surface area contributed by atoms with E-state index < -0.39 is 6.04 Å². The van der Waals surface area contributed by atoms with Crippen molar-refractivity contribution in [2.75, 3.05) is 31.0 Å². The summed E-state index contributed by atoms with van der Waals surface area (Å²) in [5, 5.41) is 6.31. The Morgan fingerprint density at radius 1 is 0.900 bits per heavy atom. The molecule has 4 rings (SSSR count). The number of ether oxygens (including phenoxy) is 3. The lowest BCUT2D eigenvalue weighted by molar-refractivity contribution is -0.117. The molecule has 1 atom stereocenters. The number of anilines is 2. The van der Waals surface area contributed by atoms with E-state index in [-0.39, 0.29) is 5.91 Å². The van der Waals surface area contributed by atoms with Crippen LogP contribution < -0.4 is 24.8 Å². The average Bonchev–Trinajstić information content (AvgIpc) is 3.03. The fourth-order valence-electron chi connectivity index (χ4n) is 3.28. The topological polar surface area (TPSA) is 68.8 Å². The van der Waals surface area contributed by atoms with E-state index in [0.29, 0.717) is 30.4 Å². The molecule has 0 aromatic heterocycles. The lowest BCUT2D eigenvalue weighted by Gasteiger charge is -2.21. The van der Waals surface area contributed by atoms with Crippen molar-refractivity contribution in [2.24, 2.45) is 0 Å². The van der Waals surface area contributed by atoms with Crippen LogP contribution in [0, 0.1) is 0 Å². The number of amides is 1. The molecule has 3 aromatic carbocycles. The second kappa shape index (κ2) is 9.22. The van der Waals surface area contributed by atoms with Gasteiger partial charge in [-0.15, -0.1) is 0 Å². The highest BCUT2D eigenvalue weighted by molar-refractivity contribution is 5.97. The lowest BCUT2D eigenvalue weighted by Crippen LogP contribution is -2.27. The van der Waals surface area contributed by atoms with E-state index in [1.54, 1.807) is 13.2 Å². The summed E-state index contributed by atoms with van der Waals surface area (Å²) in [6, 6.07) is 21.9. The third-order valence-corrected chi connectivity index (χ3v) is 4.79. The Bertz CT molecular complexity index is 1010. The van der Waals surface area contributed by atoms with Gasteiger partial charge < -0.3 is 24.8 Å². The average molecular weight is 404 g/mol. The predicted molar refractivity (Wildman–Crippen MR) is 116 cm³/mol. The van der Waals surface area contributed by atoms with Crippen molar-refractivity contribution in [2.45, 2.75) is 12.5 Å². The Balaban J connectivity index is 1.59. The maximum Gasteiger partial charge on any atom is 0.251 e. The third kappa shape index (κ3) is 4.66. The van der Waals surface area contributed by atoms with E-state index in [0.717, 1.165) is 23.4 Å². The molecule has 6 heteroatoms. The van der Waals surface area contributed by atoms with Crippen LogP contribution in [0.2, 0.25) is 0 Å². The highest BCUT2D eigenvalue weighted by atomic mass is 16.5. The van der Waals surface area contributed by atoms with Gasteiger partial charge in [0.25, 0.3) is 5.91 Å². The first-order valence-corrected chi connectivity index (χ1v) is 9.89. The van der Waals surface area contributed by atoms with Gasteiger partial charge in [0, 0.05) is 29.9 Å². The predicted octanol–water partition coefficient (Wildman–Crippen LogP) is 4.65. The summed E-state index contributed by atoms with van der Waals surface area (Å²) < 4.78 is 16.7. The molecule has 0 bridgehead atoms. The Labute approximate surface area is 175 Å². The van der Waals surface area contributed by atoms with Gasteiger partial charge in [0.05, 0.1) is 20.3 Å². The molecule has 154 valence electrons. The SMILES string of the molecule is COc1cccc(NC(=O)[C@@H](Nc2ccc3c(c2)OCCCO3)c2ccccc2)c1. The summed E-state index contributed by atoms with van der Waals surface area (Å²) in [7, 11) is 1.60. The highest BCUT2D eigenvalue weighted by Crippen LogP contribution is 2.34. The van der Waals surface area contributed by atoms with Crippen molar-refractivity contribution in [3.8, 4) is 17.2 Å². The quantitative estimate of drug-likeness (QED) is 0.626. The van der Waals surface area contributed by atoms with Gasteiger partial charge in [-0.3, -0.25) is 4.79 Å². The monoisotopic (exact) mass is 404 g/mol. The molecule has 1 amide bonds.